The Balaban J connectivity index is 1.34. The van der Waals surface area contributed by atoms with Crippen LogP contribution in [0.1, 0.15) is 50.0 Å². The van der Waals surface area contributed by atoms with Gasteiger partial charge in [-0.1, -0.05) is 29.8 Å². The molecular formula is C25H27ClN2O5. The molecule has 2 aromatic rings. The largest absolute Gasteiger partial charge is 0.481 e. The Morgan fingerprint density at radius 2 is 1.76 bits per heavy atom. The number of ketones is 1. The van der Waals surface area contributed by atoms with Gasteiger partial charge in [-0.15, -0.1) is 0 Å². The Kier molecular flexibility index (Phi) is 6.72. The zero-order valence-corrected chi connectivity index (χ0v) is 18.8. The van der Waals surface area contributed by atoms with Gasteiger partial charge in [-0.2, -0.15) is 0 Å². The minimum atomic E-state index is -1.72. The molecule has 4 unspecified atom stereocenters. The summed E-state index contributed by atoms with van der Waals surface area (Å²) in [6.45, 7) is 0. The fraction of sp³-hybridized carbons (Fsp3) is 0.400. The topological polar surface area (TPSA) is 116 Å². The average Bonchev–Trinajstić information content (AvgIpc) is 2.76. The molecule has 4 N–H and O–H groups in total. The van der Waals surface area contributed by atoms with E-state index in [2.05, 4.69) is 10.6 Å². The highest BCUT2D eigenvalue weighted by atomic mass is 35.5. The van der Waals surface area contributed by atoms with Gasteiger partial charge in [0.05, 0.1) is 6.42 Å². The van der Waals surface area contributed by atoms with Gasteiger partial charge in [0.15, 0.2) is 5.78 Å². The lowest BCUT2D eigenvalue weighted by Gasteiger charge is -2.44. The van der Waals surface area contributed by atoms with Crippen molar-refractivity contribution in [2.75, 3.05) is 10.6 Å². The van der Waals surface area contributed by atoms with E-state index >= 15 is 0 Å². The minimum Gasteiger partial charge on any atom is -0.481 e. The summed E-state index contributed by atoms with van der Waals surface area (Å²) < 4.78 is 0. The SMILES string of the molecule is O=C(O)CC1(O)CCC2CC(c3ccc(NC(=O)Nc4cccc(Cl)c4)cc3)CCC2C1=O. The van der Waals surface area contributed by atoms with Gasteiger partial charge in [0, 0.05) is 22.3 Å². The number of hydrogen-bond acceptors (Lipinski definition) is 4. The maximum Gasteiger partial charge on any atom is 0.323 e. The van der Waals surface area contributed by atoms with Gasteiger partial charge in [0.2, 0.25) is 0 Å². The summed E-state index contributed by atoms with van der Waals surface area (Å²) >= 11 is 5.94. The van der Waals surface area contributed by atoms with Crippen LogP contribution < -0.4 is 10.6 Å². The van der Waals surface area contributed by atoms with Crippen molar-refractivity contribution in [2.24, 2.45) is 11.8 Å². The van der Waals surface area contributed by atoms with E-state index in [4.69, 9.17) is 16.7 Å². The standard InChI is InChI=1S/C25H27ClN2O5/c26-18-2-1-3-20(13-18)28-24(32)27-19-7-4-15(5-8-19)16-6-9-21-17(12-16)10-11-25(33,23(21)31)14-22(29)30/h1-5,7-8,13,16-17,21,33H,6,9-12,14H2,(H,29,30)(H2,27,28,32). The number of Topliss-reactive ketones (excluding diaryl/α,β-unsaturated/α-hetero) is 1. The molecule has 2 amide bonds. The summed E-state index contributed by atoms with van der Waals surface area (Å²) in [5.74, 6) is -1.26. The van der Waals surface area contributed by atoms with Crippen molar-refractivity contribution >= 4 is 40.8 Å². The van der Waals surface area contributed by atoms with Crippen LogP contribution in [0.3, 0.4) is 0 Å². The molecule has 2 aromatic carbocycles. The molecule has 8 heteroatoms. The number of hydrogen-bond donors (Lipinski definition) is 4. The number of anilines is 2. The highest BCUT2D eigenvalue weighted by molar-refractivity contribution is 6.30. The number of carboxylic acid groups (broad SMARTS) is 1. The number of amides is 2. The monoisotopic (exact) mass is 470 g/mol. The van der Waals surface area contributed by atoms with Crippen molar-refractivity contribution < 1.29 is 24.6 Å². The van der Waals surface area contributed by atoms with E-state index < -0.39 is 18.0 Å². The van der Waals surface area contributed by atoms with Gasteiger partial charge < -0.3 is 20.8 Å². The molecule has 4 rings (SSSR count). The smallest absolute Gasteiger partial charge is 0.323 e. The molecule has 0 radical (unpaired) electrons. The molecule has 7 nitrogen and oxygen atoms in total. The predicted octanol–water partition coefficient (Wildman–Crippen LogP) is 5.05. The molecule has 2 saturated carbocycles. The Hall–Kier alpha value is -2.90. The van der Waals surface area contributed by atoms with E-state index in [1.54, 1.807) is 24.3 Å². The van der Waals surface area contributed by atoms with Crippen molar-refractivity contribution in [1.29, 1.82) is 0 Å². The third-order valence-electron chi connectivity index (χ3n) is 6.87. The van der Waals surface area contributed by atoms with Gasteiger partial charge in [0.25, 0.3) is 0 Å². The number of benzene rings is 2. The molecule has 0 heterocycles. The maximum absolute atomic E-state index is 12.8. The van der Waals surface area contributed by atoms with Crippen LogP contribution in [-0.4, -0.2) is 33.6 Å². The number of aliphatic carboxylic acids is 1. The number of aliphatic hydroxyl groups is 1. The second kappa shape index (κ2) is 9.53. The van der Waals surface area contributed by atoms with Crippen LogP contribution in [0, 0.1) is 11.8 Å². The molecule has 2 fully saturated rings. The van der Waals surface area contributed by atoms with Gasteiger partial charge in [-0.25, -0.2) is 4.79 Å². The fourth-order valence-electron chi connectivity index (χ4n) is 5.25. The van der Waals surface area contributed by atoms with Gasteiger partial charge in [0.1, 0.15) is 5.60 Å². The average molecular weight is 471 g/mol. The number of carbonyl (C=O) groups is 3. The first-order chi connectivity index (χ1) is 15.7. The number of carboxylic acids is 1. The number of fused-ring (bicyclic) bond motifs is 1. The first-order valence-corrected chi connectivity index (χ1v) is 11.5. The lowest BCUT2D eigenvalue weighted by Crippen LogP contribution is -2.51. The van der Waals surface area contributed by atoms with Gasteiger partial charge in [-0.05, 0) is 79.8 Å². The summed E-state index contributed by atoms with van der Waals surface area (Å²) in [6.07, 6.45) is 2.63. The van der Waals surface area contributed by atoms with E-state index in [0.717, 1.165) is 18.4 Å². The van der Waals surface area contributed by atoms with Crippen molar-refractivity contribution in [1.82, 2.24) is 0 Å². The minimum absolute atomic E-state index is 0.159. The molecule has 2 aliphatic rings. The fourth-order valence-corrected chi connectivity index (χ4v) is 5.44. The molecule has 174 valence electrons. The number of carbonyl (C=O) groups excluding carboxylic acids is 2. The lowest BCUT2D eigenvalue weighted by atomic mass is 9.61. The number of halogens is 1. The molecule has 0 bridgehead atoms. The van der Waals surface area contributed by atoms with E-state index in [0.29, 0.717) is 35.2 Å². The first-order valence-electron chi connectivity index (χ1n) is 11.2. The molecular weight excluding hydrogens is 444 g/mol. The molecule has 33 heavy (non-hydrogen) atoms. The number of nitrogens with one attached hydrogen (secondary N) is 2. The Morgan fingerprint density at radius 1 is 1.03 bits per heavy atom. The zero-order valence-electron chi connectivity index (χ0n) is 18.1. The van der Waals surface area contributed by atoms with Crippen LogP contribution in [0.5, 0.6) is 0 Å². The zero-order chi connectivity index (χ0) is 23.6. The molecule has 0 aliphatic heterocycles. The van der Waals surface area contributed by atoms with Crippen molar-refractivity contribution in [3.8, 4) is 0 Å². The van der Waals surface area contributed by atoms with Gasteiger partial charge >= 0.3 is 12.0 Å². The van der Waals surface area contributed by atoms with Crippen molar-refractivity contribution in [2.45, 2.75) is 50.0 Å². The van der Waals surface area contributed by atoms with Crippen LogP contribution in [0.15, 0.2) is 48.5 Å². The summed E-state index contributed by atoms with van der Waals surface area (Å²) in [5.41, 5.74) is 0.691. The van der Waals surface area contributed by atoms with E-state index in [1.165, 1.54) is 0 Å². The lowest BCUT2D eigenvalue weighted by molar-refractivity contribution is -0.160. The van der Waals surface area contributed by atoms with Crippen LogP contribution in [-0.2, 0) is 9.59 Å². The van der Waals surface area contributed by atoms with Gasteiger partial charge in [-0.3, -0.25) is 9.59 Å². The summed E-state index contributed by atoms with van der Waals surface area (Å²) in [4.78, 5) is 36.1. The maximum atomic E-state index is 12.8. The van der Waals surface area contributed by atoms with Crippen LogP contribution in [0.25, 0.3) is 0 Å². The highest BCUT2D eigenvalue weighted by Crippen LogP contribution is 2.47. The predicted molar refractivity (Wildman–Crippen MR) is 126 cm³/mol. The van der Waals surface area contributed by atoms with E-state index in [1.807, 2.05) is 24.3 Å². The van der Waals surface area contributed by atoms with Crippen LogP contribution in [0.2, 0.25) is 5.02 Å². The summed E-state index contributed by atoms with van der Waals surface area (Å²) in [7, 11) is 0. The first kappa shape index (κ1) is 23.3. The normalized spacial score (nSPS) is 26.8. The van der Waals surface area contributed by atoms with E-state index in [9.17, 15) is 19.5 Å². The molecule has 0 spiro atoms. The molecule has 2 aliphatic carbocycles. The number of urea groups is 1. The molecule has 0 aromatic heterocycles. The second-order valence-electron chi connectivity index (χ2n) is 9.09. The molecule has 4 atom stereocenters. The van der Waals surface area contributed by atoms with E-state index in [-0.39, 0.29) is 30.1 Å². The van der Waals surface area contributed by atoms with Crippen molar-refractivity contribution in [3.05, 3.63) is 59.1 Å². The highest BCUT2D eigenvalue weighted by Gasteiger charge is 2.50. The number of rotatable bonds is 5. The Morgan fingerprint density at radius 3 is 2.45 bits per heavy atom. The summed E-state index contributed by atoms with van der Waals surface area (Å²) in [5, 5.41) is 25.7. The Bertz CT molecular complexity index is 1060. The third kappa shape index (κ3) is 5.37. The quantitative estimate of drug-likeness (QED) is 0.488. The molecule has 0 saturated heterocycles. The van der Waals surface area contributed by atoms with Crippen molar-refractivity contribution in [3.63, 3.8) is 0 Å². The summed E-state index contributed by atoms with van der Waals surface area (Å²) in [6, 6.07) is 14.2. The van der Waals surface area contributed by atoms with Crippen LogP contribution >= 0.6 is 11.6 Å². The Labute approximate surface area is 197 Å². The second-order valence-corrected chi connectivity index (χ2v) is 9.53. The third-order valence-corrected chi connectivity index (χ3v) is 7.11. The van der Waals surface area contributed by atoms with Crippen LogP contribution in [0.4, 0.5) is 16.2 Å².